The first-order chi connectivity index (χ1) is 5.26. The molecule has 4 heteroatoms. The van der Waals surface area contributed by atoms with Crippen molar-refractivity contribution in [1.29, 1.82) is 0 Å². The van der Waals surface area contributed by atoms with Gasteiger partial charge in [0.15, 0.2) is 0 Å². The second kappa shape index (κ2) is 6.46. The Morgan fingerprint density at radius 1 is 1.45 bits per heavy atom. The molecule has 0 aromatic heterocycles. The van der Waals surface area contributed by atoms with Crippen molar-refractivity contribution in [2.75, 3.05) is 25.0 Å². The van der Waals surface area contributed by atoms with Crippen molar-refractivity contribution in [2.24, 2.45) is 0 Å². The summed E-state index contributed by atoms with van der Waals surface area (Å²) in [5, 5.41) is 0.694. The maximum Gasteiger partial charge on any atom is 0.409 e. The molecule has 0 heterocycles. The minimum absolute atomic E-state index is 0.227. The van der Waals surface area contributed by atoms with Crippen LogP contribution in [0.3, 0.4) is 0 Å². The Morgan fingerprint density at radius 2 is 2.00 bits per heavy atom. The van der Waals surface area contributed by atoms with Gasteiger partial charge in [0.25, 0.3) is 0 Å². The van der Waals surface area contributed by atoms with Crippen molar-refractivity contribution in [3.8, 4) is 0 Å². The summed E-state index contributed by atoms with van der Waals surface area (Å²) in [5.74, 6) is 0. The predicted octanol–water partition coefficient (Wildman–Crippen LogP) is 1.86. The lowest BCUT2D eigenvalue weighted by Crippen LogP contribution is -2.31. The van der Waals surface area contributed by atoms with Crippen molar-refractivity contribution in [3.05, 3.63) is 0 Å². The lowest BCUT2D eigenvalue weighted by molar-refractivity contribution is 0.112. The molecule has 0 rings (SSSR count). The number of rotatable bonds is 4. The normalized spacial score (nSPS) is 9.36. The Kier molecular flexibility index (Phi) is 6.31. The molecule has 0 N–H and O–H groups in total. The summed E-state index contributed by atoms with van der Waals surface area (Å²) in [5.41, 5.74) is 0. The van der Waals surface area contributed by atoms with E-state index in [1.165, 1.54) is 0 Å². The molecule has 0 aromatic rings. The molecular formula is C7H14BrNO2. The van der Waals surface area contributed by atoms with E-state index in [0.717, 1.165) is 0 Å². The van der Waals surface area contributed by atoms with Gasteiger partial charge in [-0.3, -0.25) is 0 Å². The lowest BCUT2D eigenvalue weighted by atomic mass is 10.6. The Hall–Kier alpha value is -0.250. The second-order valence-electron chi connectivity index (χ2n) is 1.98. The fourth-order valence-electron chi connectivity index (χ4n) is 0.699. The summed E-state index contributed by atoms with van der Waals surface area (Å²) in [6.07, 6.45) is -0.227. The van der Waals surface area contributed by atoms with E-state index < -0.39 is 0 Å². The van der Waals surface area contributed by atoms with Gasteiger partial charge in [0.1, 0.15) is 6.61 Å². The van der Waals surface area contributed by atoms with Gasteiger partial charge in [-0.25, -0.2) is 4.79 Å². The molecule has 0 atom stereocenters. The molecule has 0 unspecified atom stereocenters. The average molecular weight is 224 g/mol. The van der Waals surface area contributed by atoms with Gasteiger partial charge in [0, 0.05) is 18.4 Å². The quantitative estimate of drug-likeness (QED) is 0.682. The van der Waals surface area contributed by atoms with Gasteiger partial charge in [-0.05, 0) is 13.8 Å². The van der Waals surface area contributed by atoms with Crippen molar-refractivity contribution >= 4 is 22.0 Å². The second-order valence-corrected chi connectivity index (χ2v) is 2.77. The summed E-state index contributed by atoms with van der Waals surface area (Å²) in [6, 6.07) is 0. The van der Waals surface area contributed by atoms with E-state index in [4.69, 9.17) is 4.74 Å². The van der Waals surface area contributed by atoms with E-state index in [9.17, 15) is 4.79 Å². The predicted molar refractivity (Wildman–Crippen MR) is 48.1 cm³/mol. The molecule has 0 aromatic carbocycles. The summed E-state index contributed by atoms with van der Waals surface area (Å²) < 4.78 is 4.88. The van der Waals surface area contributed by atoms with Crippen LogP contribution in [0.25, 0.3) is 0 Å². The zero-order valence-corrected chi connectivity index (χ0v) is 8.56. The molecule has 0 aliphatic rings. The van der Waals surface area contributed by atoms with E-state index in [0.29, 0.717) is 25.0 Å². The first-order valence-electron chi connectivity index (χ1n) is 3.73. The van der Waals surface area contributed by atoms with Gasteiger partial charge in [0.2, 0.25) is 0 Å². The molecule has 0 spiro atoms. The van der Waals surface area contributed by atoms with Crippen LogP contribution in [0.5, 0.6) is 0 Å². The molecule has 0 aliphatic heterocycles. The number of carbonyl (C=O) groups excluding carboxylic acids is 1. The lowest BCUT2D eigenvalue weighted by Gasteiger charge is -2.17. The molecule has 1 amide bonds. The van der Waals surface area contributed by atoms with Crippen molar-refractivity contribution in [1.82, 2.24) is 4.90 Å². The van der Waals surface area contributed by atoms with Gasteiger partial charge in [0.05, 0.1) is 0 Å². The standard InChI is InChI=1S/C7H14BrNO2/c1-3-9(4-2)7(10)11-6-5-8/h3-6H2,1-2H3. The fraction of sp³-hybridized carbons (Fsp3) is 0.857. The number of halogens is 1. The molecule has 0 bridgehead atoms. The van der Waals surface area contributed by atoms with Crippen LogP contribution in [-0.2, 0) is 4.74 Å². The van der Waals surface area contributed by atoms with Gasteiger partial charge in [-0.2, -0.15) is 0 Å². The van der Waals surface area contributed by atoms with Gasteiger partial charge in [-0.15, -0.1) is 0 Å². The summed E-state index contributed by atoms with van der Waals surface area (Å²) >= 11 is 3.18. The zero-order chi connectivity index (χ0) is 8.69. The monoisotopic (exact) mass is 223 g/mol. The highest BCUT2D eigenvalue weighted by Gasteiger charge is 2.08. The van der Waals surface area contributed by atoms with Crippen LogP contribution < -0.4 is 0 Å². The van der Waals surface area contributed by atoms with E-state index in [-0.39, 0.29) is 6.09 Å². The third-order valence-electron chi connectivity index (χ3n) is 1.32. The van der Waals surface area contributed by atoms with Crippen LogP contribution in [0, 0.1) is 0 Å². The van der Waals surface area contributed by atoms with Crippen molar-refractivity contribution in [3.63, 3.8) is 0 Å². The maximum absolute atomic E-state index is 11.0. The van der Waals surface area contributed by atoms with Crippen molar-refractivity contribution < 1.29 is 9.53 Å². The Bertz CT molecular complexity index is 115. The van der Waals surface area contributed by atoms with E-state index in [1.54, 1.807) is 4.90 Å². The highest BCUT2D eigenvalue weighted by atomic mass is 79.9. The number of hydrogen-bond acceptors (Lipinski definition) is 2. The Balaban J connectivity index is 3.61. The highest BCUT2D eigenvalue weighted by molar-refractivity contribution is 9.09. The fourth-order valence-corrected chi connectivity index (χ4v) is 0.861. The molecule has 11 heavy (non-hydrogen) atoms. The average Bonchev–Trinajstić information content (AvgIpc) is 2.03. The largest absolute Gasteiger partial charge is 0.449 e. The topological polar surface area (TPSA) is 29.5 Å². The van der Waals surface area contributed by atoms with Crippen molar-refractivity contribution in [2.45, 2.75) is 13.8 Å². The molecule has 0 saturated carbocycles. The van der Waals surface area contributed by atoms with Crippen LogP contribution in [-0.4, -0.2) is 36.0 Å². The number of hydrogen-bond donors (Lipinski definition) is 0. The highest BCUT2D eigenvalue weighted by Crippen LogP contribution is 1.93. The minimum Gasteiger partial charge on any atom is -0.449 e. The Morgan fingerprint density at radius 3 is 2.36 bits per heavy atom. The summed E-state index contributed by atoms with van der Waals surface area (Å²) in [6.45, 7) is 5.71. The smallest absolute Gasteiger partial charge is 0.409 e. The number of amides is 1. The van der Waals surface area contributed by atoms with E-state index in [2.05, 4.69) is 15.9 Å². The molecular weight excluding hydrogens is 210 g/mol. The van der Waals surface area contributed by atoms with Gasteiger partial charge < -0.3 is 9.64 Å². The minimum atomic E-state index is -0.227. The van der Waals surface area contributed by atoms with Crippen LogP contribution >= 0.6 is 15.9 Å². The maximum atomic E-state index is 11.0. The van der Waals surface area contributed by atoms with Crippen LogP contribution in [0.1, 0.15) is 13.8 Å². The van der Waals surface area contributed by atoms with Crippen LogP contribution in [0.15, 0.2) is 0 Å². The Labute approximate surface area is 75.8 Å². The van der Waals surface area contributed by atoms with E-state index in [1.807, 2.05) is 13.8 Å². The molecule has 3 nitrogen and oxygen atoms in total. The zero-order valence-electron chi connectivity index (χ0n) is 6.97. The number of ether oxygens (including phenoxy) is 1. The molecule has 0 saturated heterocycles. The number of carbonyl (C=O) groups is 1. The first kappa shape index (κ1) is 10.8. The molecule has 0 radical (unpaired) electrons. The van der Waals surface area contributed by atoms with Crippen LogP contribution in [0.4, 0.5) is 4.79 Å². The first-order valence-corrected chi connectivity index (χ1v) is 4.86. The number of alkyl halides is 1. The van der Waals surface area contributed by atoms with E-state index >= 15 is 0 Å². The molecule has 0 aliphatic carbocycles. The molecule has 0 fully saturated rings. The summed E-state index contributed by atoms with van der Waals surface area (Å²) in [7, 11) is 0. The molecule has 66 valence electrons. The SMILES string of the molecule is CCN(CC)C(=O)OCCBr. The third kappa shape index (κ3) is 4.24. The van der Waals surface area contributed by atoms with Gasteiger partial charge >= 0.3 is 6.09 Å². The van der Waals surface area contributed by atoms with Gasteiger partial charge in [-0.1, -0.05) is 15.9 Å². The third-order valence-corrected chi connectivity index (χ3v) is 1.65. The number of nitrogens with zero attached hydrogens (tertiary/aromatic N) is 1. The van der Waals surface area contributed by atoms with Crippen LogP contribution in [0.2, 0.25) is 0 Å². The summed E-state index contributed by atoms with van der Waals surface area (Å²) in [4.78, 5) is 12.7.